The molecule has 0 aliphatic heterocycles. The number of aryl methyl sites for hydroxylation is 1. The molecule has 0 saturated heterocycles. The molecule has 0 spiro atoms. The lowest BCUT2D eigenvalue weighted by atomic mass is 10.1. The van der Waals surface area contributed by atoms with Crippen molar-refractivity contribution in [2.24, 2.45) is 0 Å². The van der Waals surface area contributed by atoms with Crippen LogP contribution in [-0.4, -0.2) is 11.8 Å². The maximum atomic E-state index is 13.1. The van der Waals surface area contributed by atoms with Crippen LogP contribution >= 0.6 is 0 Å². The van der Waals surface area contributed by atoms with E-state index in [1.165, 1.54) is 18.2 Å². The molecule has 0 unspecified atom stereocenters. The second-order valence-electron chi connectivity index (χ2n) is 5.36. The van der Waals surface area contributed by atoms with Gasteiger partial charge >= 0.3 is 5.91 Å². The van der Waals surface area contributed by atoms with E-state index in [4.69, 9.17) is 4.42 Å². The van der Waals surface area contributed by atoms with Gasteiger partial charge in [-0.1, -0.05) is 30.3 Å². The van der Waals surface area contributed by atoms with Gasteiger partial charge in [-0.25, -0.2) is 4.39 Å². The highest BCUT2D eigenvalue weighted by atomic mass is 19.1. The van der Waals surface area contributed by atoms with Crippen LogP contribution in [0.15, 0.2) is 52.9 Å². The van der Waals surface area contributed by atoms with Crippen molar-refractivity contribution in [2.45, 2.75) is 13.3 Å². The van der Waals surface area contributed by atoms with Gasteiger partial charge in [0.2, 0.25) is 5.91 Å². The van der Waals surface area contributed by atoms with E-state index in [1.54, 1.807) is 19.1 Å². The lowest BCUT2D eigenvalue weighted by Crippen LogP contribution is -2.42. The number of rotatable bonds is 3. The summed E-state index contributed by atoms with van der Waals surface area (Å²) in [4.78, 5) is 24.0. The van der Waals surface area contributed by atoms with Crippen LogP contribution in [-0.2, 0) is 11.2 Å². The Morgan fingerprint density at radius 2 is 1.88 bits per heavy atom. The molecule has 3 rings (SSSR count). The molecule has 6 heteroatoms. The molecular weight excluding hydrogens is 311 g/mol. The number of hydrogen-bond acceptors (Lipinski definition) is 3. The molecule has 122 valence electrons. The first kappa shape index (κ1) is 15.7. The van der Waals surface area contributed by atoms with E-state index < -0.39 is 17.6 Å². The van der Waals surface area contributed by atoms with Crippen molar-refractivity contribution in [3.8, 4) is 0 Å². The third kappa shape index (κ3) is 3.27. The quantitative estimate of drug-likeness (QED) is 0.727. The molecule has 0 aliphatic rings. The summed E-state index contributed by atoms with van der Waals surface area (Å²) in [6.07, 6.45) is -0.0445. The Bertz CT molecular complexity index is 918. The molecule has 0 atom stereocenters. The van der Waals surface area contributed by atoms with Crippen molar-refractivity contribution >= 4 is 22.8 Å². The van der Waals surface area contributed by atoms with Crippen LogP contribution in [0.2, 0.25) is 0 Å². The van der Waals surface area contributed by atoms with Gasteiger partial charge in [0, 0.05) is 10.9 Å². The number of carbonyl (C=O) groups excluding carboxylic acids is 2. The average molecular weight is 326 g/mol. The number of hydrogen-bond donors (Lipinski definition) is 2. The molecule has 1 heterocycles. The highest BCUT2D eigenvalue weighted by molar-refractivity contribution is 5.99. The number of benzene rings is 2. The number of carbonyl (C=O) groups is 2. The van der Waals surface area contributed by atoms with Crippen LogP contribution in [0.4, 0.5) is 4.39 Å². The normalized spacial score (nSPS) is 10.6. The number of halogens is 1. The van der Waals surface area contributed by atoms with Gasteiger partial charge in [-0.2, -0.15) is 0 Å². The summed E-state index contributed by atoms with van der Waals surface area (Å²) < 4.78 is 18.6. The molecule has 0 fully saturated rings. The van der Waals surface area contributed by atoms with E-state index in [2.05, 4.69) is 10.9 Å². The zero-order valence-electron chi connectivity index (χ0n) is 12.9. The summed E-state index contributed by atoms with van der Waals surface area (Å²) in [6, 6.07) is 13.0. The smallest absolute Gasteiger partial charge is 0.305 e. The van der Waals surface area contributed by atoms with E-state index in [1.807, 2.05) is 18.2 Å². The van der Waals surface area contributed by atoms with Crippen molar-refractivity contribution < 1.29 is 18.4 Å². The van der Waals surface area contributed by atoms with Crippen LogP contribution in [0.1, 0.15) is 21.7 Å². The fourth-order valence-corrected chi connectivity index (χ4v) is 2.45. The number of hydrazine groups is 1. The molecule has 2 amide bonds. The van der Waals surface area contributed by atoms with Gasteiger partial charge in [0.15, 0.2) is 5.76 Å². The molecule has 0 aliphatic carbocycles. The van der Waals surface area contributed by atoms with E-state index in [-0.39, 0.29) is 12.2 Å². The number of furan rings is 1. The molecule has 5 nitrogen and oxygen atoms in total. The van der Waals surface area contributed by atoms with Crippen molar-refractivity contribution in [3.63, 3.8) is 0 Å². The topological polar surface area (TPSA) is 71.3 Å². The van der Waals surface area contributed by atoms with Crippen molar-refractivity contribution in [1.82, 2.24) is 10.9 Å². The minimum absolute atomic E-state index is 0.0445. The van der Waals surface area contributed by atoms with Crippen LogP contribution < -0.4 is 10.9 Å². The lowest BCUT2D eigenvalue weighted by molar-refractivity contribution is -0.121. The molecule has 3 aromatic rings. The van der Waals surface area contributed by atoms with Gasteiger partial charge in [0.05, 0.1) is 6.42 Å². The second kappa shape index (κ2) is 6.54. The SMILES string of the molecule is Cc1c(C(=O)NNC(=O)Cc2cccc(F)c2)oc2ccccc12. The Labute approximate surface area is 137 Å². The van der Waals surface area contributed by atoms with Crippen molar-refractivity contribution in [3.05, 3.63) is 71.2 Å². The molecule has 24 heavy (non-hydrogen) atoms. The first-order valence-electron chi connectivity index (χ1n) is 7.36. The minimum atomic E-state index is -0.545. The highest BCUT2D eigenvalue weighted by Crippen LogP contribution is 2.24. The molecule has 0 bridgehead atoms. The highest BCUT2D eigenvalue weighted by Gasteiger charge is 2.17. The average Bonchev–Trinajstić information content (AvgIpc) is 2.90. The summed E-state index contributed by atoms with van der Waals surface area (Å²) in [5.41, 5.74) is 6.42. The zero-order valence-corrected chi connectivity index (χ0v) is 12.9. The third-order valence-corrected chi connectivity index (χ3v) is 3.62. The van der Waals surface area contributed by atoms with E-state index in [9.17, 15) is 14.0 Å². The predicted molar refractivity (Wildman–Crippen MR) is 86.7 cm³/mol. The minimum Gasteiger partial charge on any atom is -0.451 e. The fraction of sp³-hybridized carbons (Fsp3) is 0.111. The van der Waals surface area contributed by atoms with Gasteiger partial charge in [-0.05, 0) is 30.7 Å². The number of fused-ring (bicyclic) bond motifs is 1. The van der Waals surface area contributed by atoms with Gasteiger partial charge in [0.25, 0.3) is 0 Å². The predicted octanol–water partition coefficient (Wildman–Crippen LogP) is 2.88. The molecule has 0 radical (unpaired) electrons. The standard InChI is InChI=1S/C18H15FN2O3/c1-11-14-7-2-3-8-15(14)24-17(11)18(23)21-20-16(22)10-12-5-4-6-13(19)9-12/h2-9H,10H2,1H3,(H,20,22)(H,21,23). The number of para-hydroxylation sites is 1. The maximum absolute atomic E-state index is 13.1. The van der Waals surface area contributed by atoms with Crippen LogP contribution in [0.5, 0.6) is 0 Å². The Morgan fingerprint density at radius 1 is 1.08 bits per heavy atom. The van der Waals surface area contributed by atoms with Gasteiger partial charge in [-0.15, -0.1) is 0 Å². The summed E-state index contributed by atoms with van der Waals surface area (Å²) >= 11 is 0. The van der Waals surface area contributed by atoms with Gasteiger partial charge in [-0.3, -0.25) is 20.4 Å². The Hall–Kier alpha value is -3.15. The summed E-state index contributed by atoms with van der Waals surface area (Å²) in [7, 11) is 0. The first-order valence-corrected chi connectivity index (χ1v) is 7.36. The van der Waals surface area contributed by atoms with Crippen LogP contribution in [0, 0.1) is 12.7 Å². The van der Waals surface area contributed by atoms with E-state index in [0.717, 1.165) is 5.39 Å². The zero-order chi connectivity index (χ0) is 17.1. The Morgan fingerprint density at radius 3 is 2.62 bits per heavy atom. The van der Waals surface area contributed by atoms with Crippen LogP contribution in [0.25, 0.3) is 11.0 Å². The number of nitrogens with one attached hydrogen (secondary N) is 2. The van der Waals surface area contributed by atoms with Gasteiger partial charge in [0.1, 0.15) is 11.4 Å². The monoisotopic (exact) mass is 326 g/mol. The Balaban J connectivity index is 1.64. The molecule has 2 aromatic carbocycles. The molecule has 1 aromatic heterocycles. The van der Waals surface area contributed by atoms with Crippen molar-refractivity contribution in [2.75, 3.05) is 0 Å². The summed E-state index contributed by atoms with van der Waals surface area (Å²) in [5.74, 6) is -1.27. The number of amides is 2. The Kier molecular flexibility index (Phi) is 4.29. The lowest BCUT2D eigenvalue weighted by Gasteiger charge is -2.06. The first-order chi connectivity index (χ1) is 11.5. The van der Waals surface area contributed by atoms with Gasteiger partial charge < -0.3 is 4.42 Å². The molecule has 2 N–H and O–H groups in total. The third-order valence-electron chi connectivity index (χ3n) is 3.62. The van der Waals surface area contributed by atoms with E-state index in [0.29, 0.717) is 16.7 Å². The summed E-state index contributed by atoms with van der Waals surface area (Å²) in [5, 5.41) is 0.841. The van der Waals surface area contributed by atoms with Crippen LogP contribution in [0.3, 0.4) is 0 Å². The molecular formula is C18H15FN2O3. The second-order valence-corrected chi connectivity index (χ2v) is 5.36. The fourth-order valence-electron chi connectivity index (χ4n) is 2.45. The molecule has 0 saturated carbocycles. The maximum Gasteiger partial charge on any atom is 0.305 e. The summed E-state index contributed by atoms with van der Waals surface area (Å²) in [6.45, 7) is 1.77. The van der Waals surface area contributed by atoms with Crippen molar-refractivity contribution in [1.29, 1.82) is 0 Å². The van der Waals surface area contributed by atoms with E-state index >= 15 is 0 Å². The largest absolute Gasteiger partial charge is 0.451 e.